The Morgan fingerprint density at radius 2 is 2.14 bits per heavy atom. The van der Waals surface area contributed by atoms with Gasteiger partial charge in [-0.15, -0.1) is 11.3 Å². The summed E-state index contributed by atoms with van der Waals surface area (Å²) in [5.41, 5.74) is 3.52. The van der Waals surface area contributed by atoms with Gasteiger partial charge in [-0.25, -0.2) is 4.98 Å². The second-order valence-corrected chi connectivity index (χ2v) is 8.31. The number of nitrogens with zero attached hydrogens (tertiary/aromatic N) is 2. The molecular formula is C21H22N4O2S. The topological polar surface area (TPSA) is 75.5 Å². The van der Waals surface area contributed by atoms with E-state index in [1.165, 1.54) is 11.0 Å². The molecule has 28 heavy (non-hydrogen) atoms. The van der Waals surface area contributed by atoms with E-state index in [9.17, 15) is 9.59 Å². The third-order valence-corrected chi connectivity index (χ3v) is 5.56. The maximum atomic E-state index is 12.2. The lowest BCUT2D eigenvalue weighted by Gasteiger charge is -2.07. The van der Waals surface area contributed by atoms with Crippen molar-refractivity contribution in [1.82, 2.24) is 14.7 Å². The lowest BCUT2D eigenvalue weighted by atomic mass is 10.2. The third kappa shape index (κ3) is 4.14. The molecule has 2 N–H and O–H groups in total. The van der Waals surface area contributed by atoms with Gasteiger partial charge in [0.2, 0.25) is 11.8 Å². The van der Waals surface area contributed by atoms with E-state index in [0.29, 0.717) is 6.54 Å². The SMILES string of the molecule is Cc1cn2c(/C=C/C(=O)NCc3cccc(NC(=O)C4CC4)c3)c(C)nc2s1. The number of aromatic nitrogens is 2. The van der Waals surface area contributed by atoms with Crippen molar-refractivity contribution in [2.24, 2.45) is 5.92 Å². The summed E-state index contributed by atoms with van der Waals surface area (Å²) in [5, 5.41) is 5.81. The number of aryl methyl sites for hydroxylation is 2. The number of anilines is 1. The fraction of sp³-hybridized carbons (Fsp3) is 0.286. The maximum absolute atomic E-state index is 12.2. The van der Waals surface area contributed by atoms with Crippen molar-refractivity contribution in [3.05, 3.63) is 58.4 Å². The molecule has 0 aliphatic heterocycles. The van der Waals surface area contributed by atoms with E-state index in [1.54, 1.807) is 17.4 Å². The Kier molecular flexibility index (Phi) is 5.00. The van der Waals surface area contributed by atoms with Crippen LogP contribution in [0.2, 0.25) is 0 Å². The van der Waals surface area contributed by atoms with Gasteiger partial charge in [0.1, 0.15) is 0 Å². The molecule has 4 rings (SSSR count). The summed E-state index contributed by atoms with van der Waals surface area (Å²) < 4.78 is 2.01. The van der Waals surface area contributed by atoms with Crippen molar-refractivity contribution in [2.45, 2.75) is 33.2 Å². The number of amides is 2. The van der Waals surface area contributed by atoms with Gasteiger partial charge in [-0.05, 0) is 50.5 Å². The third-order valence-electron chi connectivity index (χ3n) is 4.66. The van der Waals surface area contributed by atoms with Crippen LogP contribution in [0.15, 0.2) is 36.5 Å². The summed E-state index contributed by atoms with van der Waals surface area (Å²) in [7, 11) is 0. The lowest BCUT2D eigenvalue weighted by Crippen LogP contribution is -2.20. The molecule has 0 atom stereocenters. The van der Waals surface area contributed by atoms with Crippen LogP contribution in [-0.4, -0.2) is 21.2 Å². The minimum atomic E-state index is -0.172. The number of imidazole rings is 1. The first-order chi connectivity index (χ1) is 13.5. The predicted octanol–water partition coefficient (Wildman–Crippen LogP) is 3.69. The van der Waals surface area contributed by atoms with Gasteiger partial charge in [-0.1, -0.05) is 12.1 Å². The summed E-state index contributed by atoms with van der Waals surface area (Å²) in [6, 6.07) is 7.56. The zero-order chi connectivity index (χ0) is 19.7. The molecule has 2 amide bonds. The number of benzene rings is 1. The average molecular weight is 395 g/mol. The fourth-order valence-corrected chi connectivity index (χ4v) is 3.91. The van der Waals surface area contributed by atoms with Crippen LogP contribution < -0.4 is 10.6 Å². The lowest BCUT2D eigenvalue weighted by molar-refractivity contribution is -0.117. The van der Waals surface area contributed by atoms with Gasteiger partial charge in [-0.2, -0.15) is 0 Å². The molecule has 1 aliphatic rings. The Morgan fingerprint density at radius 1 is 1.32 bits per heavy atom. The minimum absolute atomic E-state index is 0.0790. The molecule has 1 saturated carbocycles. The van der Waals surface area contributed by atoms with E-state index < -0.39 is 0 Å². The standard InChI is InChI=1S/C21H22N4O2S/c1-13-12-25-18(14(2)23-21(25)28-13)8-9-19(26)22-11-15-4-3-5-17(10-15)24-20(27)16-6-7-16/h3-5,8-10,12,16H,6-7,11H2,1-2H3,(H,22,26)(H,24,27)/b9-8+. The summed E-state index contributed by atoms with van der Waals surface area (Å²) in [4.78, 5) is 30.7. The van der Waals surface area contributed by atoms with E-state index in [1.807, 2.05) is 48.7 Å². The molecule has 2 heterocycles. The Labute approximate surface area is 167 Å². The van der Waals surface area contributed by atoms with Gasteiger partial charge in [0.15, 0.2) is 4.96 Å². The zero-order valence-electron chi connectivity index (χ0n) is 15.9. The van der Waals surface area contributed by atoms with E-state index in [-0.39, 0.29) is 17.7 Å². The number of rotatable bonds is 6. The van der Waals surface area contributed by atoms with Crippen molar-refractivity contribution in [3.63, 3.8) is 0 Å². The first-order valence-corrected chi connectivity index (χ1v) is 10.1. The second kappa shape index (κ2) is 7.59. The number of carbonyl (C=O) groups excluding carboxylic acids is 2. The monoisotopic (exact) mass is 394 g/mol. The van der Waals surface area contributed by atoms with Crippen LogP contribution in [0.1, 0.15) is 34.7 Å². The van der Waals surface area contributed by atoms with Crippen molar-refractivity contribution in [3.8, 4) is 0 Å². The second-order valence-electron chi connectivity index (χ2n) is 7.09. The number of carbonyl (C=O) groups is 2. The summed E-state index contributed by atoms with van der Waals surface area (Å²) in [6.07, 6.45) is 7.30. The summed E-state index contributed by atoms with van der Waals surface area (Å²) in [5.74, 6) is 0.0722. The maximum Gasteiger partial charge on any atom is 0.244 e. The van der Waals surface area contributed by atoms with Crippen LogP contribution in [0, 0.1) is 19.8 Å². The molecule has 7 heteroatoms. The number of nitrogens with one attached hydrogen (secondary N) is 2. The van der Waals surface area contributed by atoms with Gasteiger partial charge >= 0.3 is 0 Å². The molecule has 1 aromatic carbocycles. The van der Waals surface area contributed by atoms with Gasteiger partial charge in [0.25, 0.3) is 0 Å². The first kappa shape index (κ1) is 18.4. The van der Waals surface area contributed by atoms with Crippen molar-refractivity contribution >= 4 is 39.9 Å². The van der Waals surface area contributed by atoms with Crippen LogP contribution in [0.5, 0.6) is 0 Å². The highest BCUT2D eigenvalue weighted by Gasteiger charge is 2.29. The largest absolute Gasteiger partial charge is 0.348 e. The Bertz CT molecular complexity index is 1080. The molecule has 6 nitrogen and oxygen atoms in total. The molecule has 144 valence electrons. The number of hydrogen-bond acceptors (Lipinski definition) is 4. The molecular weight excluding hydrogens is 372 g/mol. The van der Waals surface area contributed by atoms with E-state index in [0.717, 1.165) is 40.4 Å². The number of hydrogen-bond donors (Lipinski definition) is 2. The van der Waals surface area contributed by atoms with Crippen LogP contribution in [0.25, 0.3) is 11.0 Å². The van der Waals surface area contributed by atoms with Crippen LogP contribution >= 0.6 is 11.3 Å². The smallest absolute Gasteiger partial charge is 0.244 e. The molecule has 0 bridgehead atoms. The molecule has 0 radical (unpaired) electrons. The highest BCUT2D eigenvalue weighted by Crippen LogP contribution is 2.30. The molecule has 0 spiro atoms. The Hall–Kier alpha value is -2.93. The molecule has 2 aromatic heterocycles. The van der Waals surface area contributed by atoms with Crippen molar-refractivity contribution < 1.29 is 9.59 Å². The summed E-state index contributed by atoms with van der Waals surface area (Å²) >= 11 is 1.63. The van der Waals surface area contributed by atoms with Crippen molar-refractivity contribution in [2.75, 3.05) is 5.32 Å². The quantitative estimate of drug-likeness (QED) is 0.626. The Balaban J connectivity index is 1.37. The molecule has 3 aromatic rings. The number of thiazole rings is 1. The van der Waals surface area contributed by atoms with E-state index in [4.69, 9.17) is 0 Å². The van der Waals surface area contributed by atoms with Gasteiger partial charge in [-0.3, -0.25) is 14.0 Å². The van der Waals surface area contributed by atoms with Crippen LogP contribution in [-0.2, 0) is 16.1 Å². The average Bonchev–Trinajstić information content (AvgIpc) is 3.39. The molecule has 0 saturated heterocycles. The van der Waals surface area contributed by atoms with Crippen LogP contribution in [0.3, 0.4) is 0 Å². The highest BCUT2D eigenvalue weighted by molar-refractivity contribution is 7.17. The number of fused-ring (bicyclic) bond motifs is 1. The normalized spacial score (nSPS) is 13.9. The molecule has 0 unspecified atom stereocenters. The first-order valence-electron chi connectivity index (χ1n) is 9.30. The highest BCUT2D eigenvalue weighted by atomic mass is 32.1. The molecule has 1 fully saturated rings. The van der Waals surface area contributed by atoms with Gasteiger partial charge in [0, 0.05) is 35.3 Å². The van der Waals surface area contributed by atoms with Gasteiger partial charge < -0.3 is 10.6 Å². The van der Waals surface area contributed by atoms with Gasteiger partial charge in [0.05, 0.1) is 11.4 Å². The zero-order valence-corrected chi connectivity index (χ0v) is 16.7. The van der Waals surface area contributed by atoms with E-state index >= 15 is 0 Å². The molecule has 1 aliphatic carbocycles. The van der Waals surface area contributed by atoms with Crippen LogP contribution in [0.4, 0.5) is 5.69 Å². The predicted molar refractivity (Wildman–Crippen MR) is 111 cm³/mol. The Morgan fingerprint density at radius 3 is 2.93 bits per heavy atom. The van der Waals surface area contributed by atoms with E-state index in [2.05, 4.69) is 15.6 Å². The van der Waals surface area contributed by atoms with Crippen molar-refractivity contribution in [1.29, 1.82) is 0 Å². The summed E-state index contributed by atoms with van der Waals surface area (Å²) in [6.45, 7) is 4.37. The minimum Gasteiger partial charge on any atom is -0.348 e. The fourth-order valence-electron chi connectivity index (χ4n) is 3.03.